The summed E-state index contributed by atoms with van der Waals surface area (Å²) >= 11 is 2.39. The molecule has 3 heterocycles. The van der Waals surface area contributed by atoms with Gasteiger partial charge < -0.3 is 4.90 Å². The SMILES string of the molecule is Fc1c(F)c2c3c(c1F)Sc1cccc4c1B3c1c(cccc1N4c1ccccc1)S2. The molecular formula is C24H11BF3NS2. The highest BCUT2D eigenvalue weighted by molar-refractivity contribution is 8.01. The molecule has 3 aliphatic heterocycles. The molecule has 0 fully saturated rings. The van der Waals surface area contributed by atoms with Gasteiger partial charge in [-0.15, -0.1) is 0 Å². The molecular weight excluding hydrogens is 434 g/mol. The van der Waals surface area contributed by atoms with E-state index in [4.69, 9.17) is 0 Å². The van der Waals surface area contributed by atoms with Crippen molar-refractivity contribution in [3.8, 4) is 0 Å². The molecule has 0 aromatic heterocycles. The summed E-state index contributed by atoms with van der Waals surface area (Å²) in [6, 6.07) is 21.9. The standard InChI is InChI=1S/C24H11BF3NS2/c26-20-21(27)23-19-24(22(20)28)31-16-11-5-9-14-18(16)25(19)17-13(8-4-10-15(17)30-23)29(14)12-6-2-1-3-7-12/h1-11H. The second kappa shape index (κ2) is 6.14. The average molecular weight is 445 g/mol. The number of hydrogen-bond donors (Lipinski definition) is 0. The fourth-order valence-electron chi connectivity index (χ4n) is 4.95. The third kappa shape index (κ3) is 2.18. The molecule has 0 unspecified atom stereocenters. The zero-order valence-electron chi connectivity index (χ0n) is 15.8. The van der Waals surface area contributed by atoms with Crippen molar-refractivity contribution in [1.82, 2.24) is 0 Å². The summed E-state index contributed by atoms with van der Waals surface area (Å²) < 4.78 is 44.3. The van der Waals surface area contributed by atoms with Crippen molar-refractivity contribution in [3.05, 3.63) is 84.2 Å². The van der Waals surface area contributed by atoms with E-state index in [9.17, 15) is 13.2 Å². The summed E-state index contributed by atoms with van der Waals surface area (Å²) in [5, 5.41) is 0. The number of rotatable bonds is 1. The smallest absolute Gasteiger partial charge is 0.252 e. The van der Waals surface area contributed by atoms with Gasteiger partial charge in [0, 0.05) is 36.6 Å². The predicted octanol–water partition coefficient (Wildman–Crippen LogP) is 5.33. The molecule has 0 amide bonds. The van der Waals surface area contributed by atoms with Gasteiger partial charge in [0.2, 0.25) is 0 Å². The molecule has 0 N–H and O–H groups in total. The Hall–Kier alpha value is -2.77. The van der Waals surface area contributed by atoms with Crippen LogP contribution >= 0.6 is 23.5 Å². The van der Waals surface area contributed by atoms with Gasteiger partial charge in [-0.05, 0) is 52.8 Å². The molecule has 7 rings (SSSR count). The fourth-order valence-corrected chi connectivity index (χ4v) is 7.43. The number of anilines is 3. The second-order valence-corrected chi connectivity index (χ2v) is 9.80. The zero-order chi connectivity index (χ0) is 20.9. The van der Waals surface area contributed by atoms with Crippen molar-refractivity contribution in [2.75, 3.05) is 4.90 Å². The van der Waals surface area contributed by atoms with E-state index in [1.807, 2.05) is 54.6 Å². The molecule has 148 valence electrons. The molecule has 0 aliphatic carbocycles. The van der Waals surface area contributed by atoms with E-state index in [-0.39, 0.29) is 16.5 Å². The molecule has 31 heavy (non-hydrogen) atoms. The highest BCUT2D eigenvalue weighted by atomic mass is 32.2. The first-order valence-corrected chi connectivity index (χ1v) is 11.5. The second-order valence-electron chi connectivity index (χ2n) is 7.70. The number of hydrogen-bond acceptors (Lipinski definition) is 3. The zero-order valence-corrected chi connectivity index (χ0v) is 17.5. The van der Waals surface area contributed by atoms with Gasteiger partial charge in [0.15, 0.2) is 17.5 Å². The van der Waals surface area contributed by atoms with Crippen LogP contribution in [0.2, 0.25) is 0 Å². The maximum Gasteiger partial charge on any atom is 0.252 e. The first-order valence-electron chi connectivity index (χ1n) is 9.82. The Morgan fingerprint density at radius 1 is 0.581 bits per heavy atom. The Bertz CT molecular complexity index is 1360. The topological polar surface area (TPSA) is 3.24 Å². The first-order chi connectivity index (χ1) is 15.1. The van der Waals surface area contributed by atoms with Crippen molar-refractivity contribution >= 4 is 63.7 Å². The molecule has 4 aromatic rings. The molecule has 4 aromatic carbocycles. The lowest BCUT2D eigenvalue weighted by Crippen LogP contribution is -2.62. The van der Waals surface area contributed by atoms with Crippen molar-refractivity contribution in [1.29, 1.82) is 0 Å². The van der Waals surface area contributed by atoms with Gasteiger partial charge in [0.25, 0.3) is 6.71 Å². The van der Waals surface area contributed by atoms with Gasteiger partial charge in [0.1, 0.15) is 0 Å². The number of benzene rings is 4. The molecule has 3 aliphatic rings. The van der Waals surface area contributed by atoms with Crippen molar-refractivity contribution in [2.24, 2.45) is 0 Å². The Balaban J connectivity index is 1.63. The normalized spacial score (nSPS) is 14.5. The summed E-state index contributed by atoms with van der Waals surface area (Å²) in [6.07, 6.45) is 0. The van der Waals surface area contributed by atoms with E-state index in [1.165, 1.54) is 23.5 Å². The Labute approximate surface area is 185 Å². The number of para-hydroxylation sites is 1. The molecule has 0 radical (unpaired) electrons. The molecule has 0 spiro atoms. The van der Waals surface area contributed by atoms with Crippen LogP contribution in [-0.4, -0.2) is 6.71 Å². The first kappa shape index (κ1) is 17.9. The molecule has 7 heteroatoms. The molecule has 0 bridgehead atoms. The molecule has 0 saturated carbocycles. The third-order valence-electron chi connectivity index (χ3n) is 6.15. The Morgan fingerprint density at radius 3 is 1.68 bits per heavy atom. The van der Waals surface area contributed by atoms with E-state index in [0.29, 0.717) is 5.46 Å². The minimum atomic E-state index is -1.39. The number of halogens is 3. The van der Waals surface area contributed by atoms with E-state index >= 15 is 0 Å². The van der Waals surface area contributed by atoms with E-state index in [2.05, 4.69) is 17.0 Å². The maximum absolute atomic E-state index is 14.9. The Kier molecular flexibility index (Phi) is 3.54. The van der Waals surface area contributed by atoms with Crippen molar-refractivity contribution < 1.29 is 13.2 Å². The Morgan fingerprint density at radius 2 is 1.13 bits per heavy atom. The van der Waals surface area contributed by atoms with Crippen LogP contribution in [0.5, 0.6) is 0 Å². The van der Waals surface area contributed by atoms with Gasteiger partial charge >= 0.3 is 0 Å². The highest BCUT2D eigenvalue weighted by Gasteiger charge is 2.47. The van der Waals surface area contributed by atoms with E-state index < -0.39 is 17.5 Å². The lowest BCUT2D eigenvalue weighted by atomic mass is 9.34. The molecule has 1 nitrogen and oxygen atoms in total. The summed E-state index contributed by atoms with van der Waals surface area (Å²) in [5.41, 5.74) is 5.59. The summed E-state index contributed by atoms with van der Waals surface area (Å²) in [6.45, 7) is -0.325. The van der Waals surface area contributed by atoms with Gasteiger partial charge in [0.05, 0.1) is 0 Å². The van der Waals surface area contributed by atoms with E-state index in [1.54, 1.807) is 0 Å². The third-order valence-corrected chi connectivity index (χ3v) is 8.50. The molecule has 0 saturated heterocycles. The summed E-state index contributed by atoms with van der Waals surface area (Å²) in [4.78, 5) is 4.36. The van der Waals surface area contributed by atoms with Crippen LogP contribution < -0.4 is 21.3 Å². The highest BCUT2D eigenvalue weighted by Crippen LogP contribution is 2.48. The van der Waals surface area contributed by atoms with Crippen LogP contribution in [0.4, 0.5) is 30.2 Å². The monoisotopic (exact) mass is 445 g/mol. The minimum absolute atomic E-state index is 0.199. The van der Waals surface area contributed by atoms with Crippen LogP contribution in [0.15, 0.2) is 86.3 Å². The van der Waals surface area contributed by atoms with Crippen molar-refractivity contribution in [2.45, 2.75) is 19.6 Å². The molecule has 0 atom stereocenters. The van der Waals surface area contributed by atoms with Crippen LogP contribution in [-0.2, 0) is 0 Å². The van der Waals surface area contributed by atoms with Crippen molar-refractivity contribution in [3.63, 3.8) is 0 Å². The number of nitrogens with zero attached hydrogens (tertiary/aromatic N) is 1. The summed E-state index contributed by atoms with van der Waals surface area (Å²) in [5.74, 6) is -3.58. The van der Waals surface area contributed by atoms with Crippen LogP contribution in [0.25, 0.3) is 0 Å². The average Bonchev–Trinajstić information content (AvgIpc) is 2.81. The lowest BCUT2D eigenvalue weighted by molar-refractivity contribution is 0.426. The fraction of sp³-hybridized carbons (Fsp3) is 0. The van der Waals surface area contributed by atoms with Gasteiger partial charge in [-0.25, -0.2) is 13.2 Å². The predicted molar refractivity (Wildman–Crippen MR) is 120 cm³/mol. The quantitative estimate of drug-likeness (QED) is 0.248. The van der Waals surface area contributed by atoms with Gasteiger partial charge in [-0.1, -0.05) is 53.9 Å². The lowest BCUT2D eigenvalue weighted by Gasteiger charge is -2.43. The van der Waals surface area contributed by atoms with E-state index in [0.717, 1.165) is 37.8 Å². The van der Waals surface area contributed by atoms with Crippen LogP contribution in [0.3, 0.4) is 0 Å². The maximum atomic E-state index is 14.9. The minimum Gasteiger partial charge on any atom is -0.311 e. The van der Waals surface area contributed by atoms with Gasteiger partial charge in [-0.2, -0.15) is 0 Å². The van der Waals surface area contributed by atoms with Gasteiger partial charge in [-0.3, -0.25) is 0 Å². The van der Waals surface area contributed by atoms with Crippen LogP contribution in [0.1, 0.15) is 0 Å². The summed E-state index contributed by atoms with van der Waals surface area (Å²) in [7, 11) is 0. The van der Waals surface area contributed by atoms with Crippen LogP contribution in [0, 0.1) is 17.5 Å². The largest absolute Gasteiger partial charge is 0.311 e.